The van der Waals surface area contributed by atoms with Crippen LogP contribution in [0, 0.1) is 0 Å². The molecule has 0 aliphatic carbocycles. The van der Waals surface area contributed by atoms with Crippen LogP contribution in [0.2, 0.25) is 10.0 Å². The highest BCUT2D eigenvalue weighted by Gasteiger charge is 2.28. The number of primary amides is 1. The van der Waals surface area contributed by atoms with E-state index in [0.717, 1.165) is 14.8 Å². The lowest BCUT2D eigenvalue weighted by atomic mass is 10.0. The van der Waals surface area contributed by atoms with E-state index in [-0.39, 0.29) is 30.7 Å². The second-order valence-electron chi connectivity index (χ2n) is 8.08. The van der Waals surface area contributed by atoms with Crippen LogP contribution < -0.4 is 11.4 Å². The predicted octanol–water partition coefficient (Wildman–Crippen LogP) is 5.45. The number of benzene rings is 2. The fourth-order valence-electron chi connectivity index (χ4n) is 3.12. The van der Waals surface area contributed by atoms with E-state index >= 15 is 0 Å². The van der Waals surface area contributed by atoms with Crippen molar-refractivity contribution < 1.29 is 27.5 Å². The molecule has 0 bridgehead atoms. The molecule has 1 atom stereocenters. The molecule has 200 valence electrons. The predicted molar refractivity (Wildman–Crippen MR) is 134 cm³/mol. The molecule has 1 aromatic heterocycles. The topological polar surface area (TPSA) is 109 Å². The maximum atomic E-state index is 12.5. The van der Waals surface area contributed by atoms with Gasteiger partial charge in [0.25, 0.3) is 0 Å². The van der Waals surface area contributed by atoms with Crippen LogP contribution in [0.1, 0.15) is 31.7 Å². The number of rotatable bonds is 8. The van der Waals surface area contributed by atoms with Gasteiger partial charge in [0.15, 0.2) is 11.6 Å². The number of Topliss-reactive ketones (excluding diaryl/α,β-unsaturated/α-hetero) is 1. The van der Waals surface area contributed by atoms with Crippen LogP contribution in [0.5, 0.6) is 0 Å². The maximum absolute atomic E-state index is 12.5. The van der Waals surface area contributed by atoms with Crippen LogP contribution in [0.3, 0.4) is 0 Å². The highest BCUT2D eigenvalue weighted by molar-refractivity contribution is 6.30. The van der Waals surface area contributed by atoms with Gasteiger partial charge in [0, 0.05) is 28.1 Å². The first kappa shape index (κ1) is 29.9. The standard InChI is InChI=1S/C14H13ClF3N3O2.C10H12ClNO2/c1-9(22)8-21-13(23)20(7-6-14(16,17)18)12(19-21)10-2-4-11(15)5-3-10;1-7(6-14-10(12)13)8-3-2-4-9(11)5-8/h2-5H,6-8H2,1H3;2-5,7H,6H2,1H3,(H2,12,13)/t;7-/m.0/s1. The molecule has 0 spiro atoms. The summed E-state index contributed by atoms with van der Waals surface area (Å²) in [4.78, 5) is 33.8. The van der Waals surface area contributed by atoms with Crippen molar-refractivity contribution in [2.45, 2.75) is 45.5 Å². The van der Waals surface area contributed by atoms with Crippen molar-refractivity contribution in [1.82, 2.24) is 14.3 Å². The highest BCUT2D eigenvalue weighted by Crippen LogP contribution is 2.23. The van der Waals surface area contributed by atoms with Crippen LogP contribution in [0.4, 0.5) is 18.0 Å². The van der Waals surface area contributed by atoms with Crippen molar-refractivity contribution in [1.29, 1.82) is 0 Å². The van der Waals surface area contributed by atoms with E-state index in [4.69, 9.17) is 33.7 Å². The highest BCUT2D eigenvalue weighted by atomic mass is 35.5. The first-order valence-electron chi connectivity index (χ1n) is 10.9. The van der Waals surface area contributed by atoms with Gasteiger partial charge in [-0.3, -0.25) is 9.36 Å². The summed E-state index contributed by atoms with van der Waals surface area (Å²) in [7, 11) is 0. The van der Waals surface area contributed by atoms with Crippen LogP contribution in [-0.4, -0.2) is 39.0 Å². The van der Waals surface area contributed by atoms with Gasteiger partial charge in [-0.15, -0.1) is 5.10 Å². The molecule has 2 N–H and O–H groups in total. The smallest absolute Gasteiger partial charge is 0.404 e. The second kappa shape index (κ2) is 13.3. The van der Waals surface area contributed by atoms with Gasteiger partial charge in [-0.25, -0.2) is 14.3 Å². The number of hydrogen-bond donors (Lipinski definition) is 1. The van der Waals surface area contributed by atoms with E-state index in [1.54, 1.807) is 30.3 Å². The van der Waals surface area contributed by atoms with Gasteiger partial charge < -0.3 is 10.5 Å². The minimum absolute atomic E-state index is 0.0668. The minimum atomic E-state index is -4.40. The number of carbonyl (C=O) groups excluding carboxylic acids is 2. The number of hydrogen-bond acceptors (Lipinski definition) is 5. The van der Waals surface area contributed by atoms with E-state index in [1.807, 2.05) is 25.1 Å². The fraction of sp³-hybridized carbons (Fsp3) is 0.333. The number of nitrogens with zero attached hydrogens (tertiary/aromatic N) is 3. The van der Waals surface area contributed by atoms with Crippen LogP contribution >= 0.6 is 23.2 Å². The van der Waals surface area contributed by atoms with Crippen molar-refractivity contribution in [3.8, 4) is 11.4 Å². The molecule has 1 heterocycles. The summed E-state index contributed by atoms with van der Waals surface area (Å²) in [5.41, 5.74) is 5.57. The number of amides is 1. The van der Waals surface area contributed by atoms with Gasteiger partial charge >= 0.3 is 18.0 Å². The number of ether oxygens (including phenoxy) is 1. The Kier molecular flexibility index (Phi) is 10.8. The molecule has 8 nitrogen and oxygen atoms in total. The van der Waals surface area contributed by atoms with E-state index in [0.29, 0.717) is 15.6 Å². The molecule has 0 aliphatic heterocycles. The zero-order chi connectivity index (χ0) is 27.8. The zero-order valence-electron chi connectivity index (χ0n) is 20.0. The number of carbonyl (C=O) groups is 2. The van der Waals surface area contributed by atoms with E-state index < -0.39 is 30.9 Å². The van der Waals surface area contributed by atoms with E-state index in [1.165, 1.54) is 6.92 Å². The third-order valence-electron chi connectivity index (χ3n) is 4.91. The largest absolute Gasteiger partial charge is 0.449 e. The lowest BCUT2D eigenvalue weighted by Crippen LogP contribution is -2.28. The average molecular weight is 561 g/mol. The maximum Gasteiger partial charge on any atom is 0.404 e. The average Bonchev–Trinajstić information content (AvgIpc) is 3.11. The van der Waals surface area contributed by atoms with Crippen molar-refractivity contribution >= 4 is 35.1 Å². The summed E-state index contributed by atoms with van der Waals surface area (Å²) in [6, 6.07) is 13.6. The molecule has 2 aromatic carbocycles. The molecule has 0 unspecified atom stereocenters. The second-order valence-corrected chi connectivity index (χ2v) is 8.95. The Morgan fingerprint density at radius 2 is 1.76 bits per heavy atom. The number of halogens is 5. The van der Waals surface area contributed by atoms with Crippen molar-refractivity contribution in [3.63, 3.8) is 0 Å². The van der Waals surface area contributed by atoms with Crippen LogP contribution in [0.15, 0.2) is 53.3 Å². The third-order valence-corrected chi connectivity index (χ3v) is 5.40. The van der Waals surface area contributed by atoms with Gasteiger partial charge in [0.05, 0.1) is 13.0 Å². The van der Waals surface area contributed by atoms with Crippen LogP contribution in [-0.2, 0) is 22.6 Å². The monoisotopic (exact) mass is 560 g/mol. The van der Waals surface area contributed by atoms with Gasteiger partial charge in [0.2, 0.25) is 0 Å². The molecular formula is C24H25Cl2F3N4O4. The molecule has 0 saturated carbocycles. The molecule has 37 heavy (non-hydrogen) atoms. The molecular weight excluding hydrogens is 536 g/mol. The molecule has 0 radical (unpaired) electrons. The van der Waals surface area contributed by atoms with E-state index in [9.17, 15) is 27.6 Å². The molecule has 3 aromatic rings. The lowest BCUT2D eigenvalue weighted by molar-refractivity contribution is -0.136. The van der Waals surface area contributed by atoms with Crippen molar-refractivity contribution in [3.05, 3.63) is 74.6 Å². The van der Waals surface area contributed by atoms with E-state index in [2.05, 4.69) is 5.10 Å². The third kappa shape index (κ3) is 9.93. The van der Waals surface area contributed by atoms with Gasteiger partial charge in [-0.05, 0) is 48.9 Å². The van der Waals surface area contributed by atoms with Crippen molar-refractivity contribution in [2.24, 2.45) is 5.73 Å². The molecule has 0 aliphatic rings. The number of nitrogens with two attached hydrogens (primary N) is 1. The molecule has 0 fully saturated rings. The first-order valence-corrected chi connectivity index (χ1v) is 11.7. The molecule has 3 rings (SSSR count). The Balaban J connectivity index is 0.000000294. The zero-order valence-corrected chi connectivity index (χ0v) is 21.5. The number of aromatic nitrogens is 3. The summed E-state index contributed by atoms with van der Waals surface area (Å²) in [5.74, 6) is -0.159. The Hall–Kier alpha value is -3.31. The normalized spacial score (nSPS) is 11.9. The number of alkyl halides is 3. The lowest BCUT2D eigenvalue weighted by Gasteiger charge is -2.11. The first-order chi connectivity index (χ1) is 17.3. The summed E-state index contributed by atoms with van der Waals surface area (Å²) in [6.07, 6.45) is -6.32. The summed E-state index contributed by atoms with van der Waals surface area (Å²) >= 11 is 11.6. The van der Waals surface area contributed by atoms with Gasteiger partial charge in [0.1, 0.15) is 6.54 Å². The summed E-state index contributed by atoms with van der Waals surface area (Å²) in [6.45, 7) is 2.62. The Bertz CT molecular complexity index is 1270. The van der Waals surface area contributed by atoms with Gasteiger partial charge in [-0.1, -0.05) is 42.3 Å². The fourth-order valence-corrected chi connectivity index (χ4v) is 3.45. The molecule has 0 saturated heterocycles. The number of ketones is 1. The Morgan fingerprint density at radius 3 is 2.30 bits per heavy atom. The van der Waals surface area contributed by atoms with Crippen molar-refractivity contribution in [2.75, 3.05) is 6.61 Å². The molecule has 13 heteroatoms. The Labute approximate surface area is 220 Å². The minimum Gasteiger partial charge on any atom is -0.449 e. The Morgan fingerprint density at radius 1 is 1.11 bits per heavy atom. The molecule has 1 amide bonds. The SMILES string of the molecule is CC(=O)Cn1nc(-c2ccc(Cl)cc2)n(CCC(F)(F)F)c1=O.C[C@@H](COC(N)=O)c1cccc(Cl)c1. The summed E-state index contributed by atoms with van der Waals surface area (Å²) in [5, 5.41) is 5.11. The quantitative estimate of drug-likeness (QED) is 0.394. The summed E-state index contributed by atoms with van der Waals surface area (Å²) < 4.78 is 43.9. The van der Waals surface area contributed by atoms with Crippen LogP contribution in [0.25, 0.3) is 11.4 Å². The van der Waals surface area contributed by atoms with Gasteiger partial charge in [-0.2, -0.15) is 13.2 Å².